The van der Waals surface area contributed by atoms with Crippen molar-refractivity contribution >= 4 is 33.5 Å². The van der Waals surface area contributed by atoms with Gasteiger partial charge >= 0.3 is 5.97 Å². The fourth-order valence-electron chi connectivity index (χ4n) is 4.23. The van der Waals surface area contributed by atoms with Crippen LogP contribution in [-0.2, 0) is 16.0 Å². The molecule has 1 aliphatic heterocycles. The zero-order valence-electron chi connectivity index (χ0n) is 19.0. The van der Waals surface area contributed by atoms with Crippen LogP contribution in [0.1, 0.15) is 73.5 Å². The third kappa shape index (κ3) is 6.58. The van der Waals surface area contributed by atoms with Crippen LogP contribution in [0.15, 0.2) is 46.9 Å². The van der Waals surface area contributed by atoms with Crippen molar-refractivity contribution in [1.82, 2.24) is 5.32 Å². The van der Waals surface area contributed by atoms with Gasteiger partial charge in [-0.3, -0.25) is 4.79 Å². The van der Waals surface area contributed by atoms with E-state index in [-0.39, 0.29) is 24.3 Å². The van der Waals surface area contributed by atoms with Crippen LogP contribution in [0.25, 0.3) is 0 Å². The van der Waals surface area contributed by atoms with Crippen LogP contribution in [0.5, 0.6) is 0 Å². The Labute approximate surface area is 199 Å². The molecule has 1 amide bonds. The van der Waals surface area contributed by atoms with Crippen molar-refractivity contribution in [3.63, 3.8) is 0 Å². The summed E-state index contributed by atoms with van der Waals surface area (Å²) in [4.78, 5) is 27.2. The van der Waals surface area contributed by atoms with E-state index in [0.29, 0.717) is 12.2 Å². The Hall–Kier alpha value is -2.34. The van der Waals surface area contributed by atoms with Gasteiger partial charge in [-0.2, -0.15) is 0 Å². The zero-order chi connectivity index (χ0) is 22.9. The second-order valence-electron chi connectivity index (χ2n) is 8.25. The highest BCUT2D eigenvalue weighted by Crippen LogP contribution is 2.33. The monoisotopic (exact) mass is 500 g/mol. The van der Waals surface area contributed by atoms with E-state index in [1.807, 2.05) is 12.1 Å². The third-order valence-electron chi connectivity index (χ3n) is 5.80. The minimum absolute atomic E-state index is 0.0168. The number of rotatable bonds is 9. The van der Waals surface area contributed by atoms with E-state index in [9.17, 15) is 9.59 Å². The van der Waals surface area contributed by atoms with E-state index < -0.39 is 0 Å². The summed E-state index contributed by atoms with van der Waals surface area (Å²) >= 11 is 3.62. The molecule has 0 radical (unpaired) electrons. The summed E-state index contributed by atoms with van der Waals surface area (Å²) in [5, 5.41) is 3.27. The van der Waals surface area contributed by atoms with Gasteiger partial charge in [0.25, 0.3) is 0 Å². The molecule has 1 N–H and O–H groups in total. The SMILES string of the molecule is CCCC(NC(=O)Cc1ccc(C(=O)OCC)cc1)c1cc(Br)ccc1N1CCCCC1. The molecule has 32 heavy (non-hydrogen) atoms. The first kappa shape index (κ1) is 24.3. The number of hydrogen-bond donors (Lipinski definition) is 1. The molecule has 2 aromatic carbocycles. The molecule has 1 fully saturated rings. The fraction of sp³-hybridized carbons (Fsp3) is 0.462. The maximum absolute atomic E-state index is 12.9. The highest BCUT2D eigenvalue weighted by Gasteiger charge is 2.22. The van der Waals surface area contributed by atoms with E-state index in [0.717, 1.165) is 36.0 Å². The maximum atomic E-state index is 12.9. The summed E-state index contributed by atoms with van der Waals surface area (Å²) in [7, 11) is 0. The summed E-state index contributed by atoms with van der Waals surface area (Å²) in [5.41, 5.74) is 3.77. The standard InChI is InChI=1S/C26H33BrN2O3/c1-3-8-23(22-18-21(27)13-14-24(22)29-15-6-5-7-16-29)28-25(30)17-19-9-11-20(12-10-19)26(31)32-4-2/h9-14,18,23H,3-8,15-17H2,1-2H3,(H,28,30). The van der Waals surface area contributed by atoms with Crippen molar-refractivity contribution in [1.29, 1.82) is 0 Å². The normalized spacial score (nSPS) is 14.7. The Morgan fingerprint density at radius 3 is 2.44 bits per heavy atom. The summed E-state index contributed by atoms with van der Waals surface area (Å²) in [6.07, 6.45) is 5.84. The number of carbonyl (C=O) groups excluding carboxylic acids is 2. The number of hydrogen-bond acceptors (Lipinski definition) is 4. The van der Waals surface area contributed by atoms with Gasteiger partial charge < -0.3 is 15.0 Å². The lowest BCUT2D eigenvalue weighted by Crippen LogP contribution is -2.34. The molecule has 1 aliphatic rings. The van der Waals surface area contributed by atoms with Crippen molar-refractivity contribution in [2.24, 2.45) is 0 Å². The molecule has 0 spiro atoms. The van der Waals surface area contributed by atoms with E-state index in [2.05, 4.69) is 51.3 Å². The first-order valence-corrected chi connectivity index (χ1v) is 12.4. The molecule has 1 unspecified atom stereocenters. The molecule has 0 aromatic heterocycles. The van der Waals surface area contributed by atoms with Crippen molar-refractivity contribution in [3.05, 3.63) is 63.6 Å². The van der Waals surface area contributed by atoms with E-state index >= 15 is 0 Å². The van der Waals surface area contributed by atoms with E-state index in [4.69, 9.17) is 4.74 Å². The molecule has 1 atom stereocenters. The van der Waals surface area contributed by atoms with E-state index in [1.54, 1.807) is 19.1 Å². The second-order valence-corrected chi connectivity index (χ2v) is 9.17. The van der Waals surface area contributed by atoms with Crippen molar-refractivity contribution in [3.8, 4) is 0 Å². The number of benzene rings is 2. The fourth-order valence-corrected chi connectivity index (χ4v) is 4.60. The van der Waals surface area contributed by atoms with Gasteiger partial charge in [0.2, 0.25) is 5.91 Å². The smallest absolute Gasteiger partial charge is 0.338 e. The summed E-state index contributed by atoms with van der Waals surface area (Å²) in [5.74, 6) is -0.358. The lowest BCUT2D eigenvalue weighted by molar-refractivity contribution is -0.121. The van der Waals surface area contributed by atoms with Crippen molar-refractivity contribution < 1.29 is 14.3 Å². The largest absolute Gasteiger partial charge is 0.462 e. The van der Waals surface area contributed by atoms with E-state index in [1.165, 1.54) is 30.5 Å². The number of esters is 1. The van der Waals surface area contributed by atoms with Gasteiger partial charge in [-0.25, -0.2) is 4.79 Å². The molecule has 6 heteroatoms. The van der Waals surface area contributed by atoms with Crippen LogP contribution >= 0.6 is 15.9 Å². The minimum atomic E-state index is -0.341. The molecule has 5 nitrogen and oxygen atoms in total. The number of halogens is 1. The number of nitrogens with zero attached hydrogens (tertiary/aromatic N) is 1. The predicted octanol–water partition coefficient (Wildman–Crippen LogP) is 5.82. The van der Waals surface area contributed by atoms with Crippen LogP contribution < -0.4 is 10.2 Å². The average Bonchev–Trinajstić information content (AvgIpc) is 2.80. The van der Waals surface area contributed by atoms with Crippen LogP contribution in [-0.4, -0.2) is 31.6 Å². The molecule has 0 bridgehead atoms. The predicted molar refractivity (Wildman–Crippen MR) is 132 cm³/mol. The highest BCUT2D eigenvalue weighted by atomic mass is 79.9. The number of amides is 1. The van der Waals surface area contributed by atoms with Gasteiger partial charge in [-0.1, -0.05) is 41.4 Å². The number of nitrogens with one attached hydrogen (secondary N) is 1. The summed E-state index contributed by atoms with van der Waals surface area (Å²) < 4.78 is 6.05. The third-order valence-corrected chi connectivity index (χ3v) is 6.30. The van der Waals surface area contributed by atoms with Gasteiger partial charge in [0, 0.05) is 23.2 Å². The number of carbonyl (C=O) groups is 2. The molecule has 172 valence electrons. The minimum Gasteiger partial charge on any atom is -0.462 e. The quantitative estimate of drug-likeness (QED) is 0.440. The van der Waals surface area contributed by atoms with Gasteiger partial charge in [-0.05, 0) is 74.1 Å². The van der Waals surface area contributed by atoms with Crippen LogP contribution in [0.3, 0.4) is 0 Å². The number of ether oxygens (including phenoxy) is 1. The van der Waals surface area contributed by atoms with Gasteiger partial charge in [0.05, 0.1) is 24.6 Å². The molecule has 0 aliphatic carbocycles. The Bertz CT molecular complexity index is 908. The number of anilines is 1. The van der Waals surface area contributed by atoms with Crippen LogP contribution in [0.4, 0.5) is 5.69 Å². The summed E-state index contributed by atoms with van der Waals surface area (Å²) in [6.45, 7) is 6.40. The average molecular weight is 501 g/mol. The van der Waals surface area contributed by atoms with Gasteiger partial charge in [-0.15, -0.1) is 0 Å². The molecular formula is C26H33BrN2O3. The zero-order valence-corrected chi connectivity index (χ0v) is 20.6. The van der Waals surface area contributed by atoms with Crippen molar-refractivity contribution in [2.75, 3.05) is 24.6 Å². The lowest BCUT2D eigenvalue weighted by Gasteiger charge is -2.33. The first-order chi connectivity index (χ1) is 15.5. The van der Waals surface area contributed by atoms with Gasteiger partial charge in [0.1, 0.15) is 0 Å². The number of piperidine rings is 1. The Balaban J connectivity index is 1.73. The molecule has 3 rings (SSSR count). The molecule has 1 saturated heterocycles. The summed E-state index contributed by atoms with van der Waals surface area (Å²) in [6, 6.07) is 13.4. The first-order valence-electron chi connectivity index (χ1n) is 11.6. The van der Waals surface area contributed by atoms with Crippen molar-refractivity contribution in [2.45, 2.75) is 58.4 Å². The lowest BCUT2D eigenvalue weighted by atomic mass is 9.98. The highest BCUT2D eigenvalue weighted by molar-refractivity contribution is 9.10. The van der Waals surface area contributed by atoms with Gasteiger partial charge in [0.15, 0.2) is 0 Å². The topological polar surface area (TPSA) is 58.6 Å². The Morgan fingerprint density at radius 1 is 1.06 bits per heavy atom. The maximum Gasteiger partial charge on any atom is 0.338 e. The molecule has 0 saturated carbocycles. The molecule has 1 heterocycles. The molecule has 2 aromatic rings. The second kappa shape index (κ2) is 12.0. The molecular weight excluding hydrogens is 468 g/mol. The Kier molecular flexibility index (Phi) is 9.15. The Morgan fingerprint density at radius 2 is 1.78 bits per heavy atom. The van der Waals surface area contributed by atoms with Crippen LogP contribution in [0, 0.1) is 0 Å². The van der Waals surface area contributed by atoms with Crippen LogP contribution in [0.2, 0.25) is 0 Å².